The fraction of sp³-hybridized carbons (Fsp3) is 0.130. The van der Waals surface area contributed by atoms with Crippen molar-refractivity contribution in [3.63, 3.8) is 0 Å². The van der Waals surface area contributed by atoms with Gasteiger partial charge in [-0.25, -0.2) is 4.98 Å². The number of thiazole rings is 1. The Morgan fingerprint density at radius 2 is 1.82 bits per heavy atom. The van der Waals surface area contributed by atoms with Gasteiger partial charge in [-0.05, 0) is 41.5 Å². The number of fused-ring (bicyclic) bond motifs is 1. The second-order valence-corrected chi connectivity index (χ2v) is 7.26. The zero-order chi connectivity index (χ0) is 19.3. The highest BCUT2D eigenvalue weighted by molar-refractivity contribution is 7.14. The van der Waals surface area contributed by atoms with Crippen LogP contribution in [0.25, 0.3) is 22.0 Å². The van der Waals surface area contributed by atoms with Crippen LogP contribution in [0.15, 0.2) is 72.1 Å². The zero-order valence-corrected chi connectivity index (χ0v) is 16.3. The average molecular weight is 388 g/mol. The summed E-state index contributed by atoms with van der Waals surface area (Å²) < 4.78 is 5.42. The summed E-state index contributed by atoms with van der Waals surface area (Å²) in [6, 6.07) is 22.1. The summed E-state index contributed by atoms with van der Waals surface area (Å²) in [4.78, 5) is 16.9. The summed E-state index contributed by atoms with van der Waals surface area (Å²) in [5.41, 5.74) is 2.85. The van der Waals surface area contributed by atoms with Crippen LogP contribution in [0.4, 0.5) is 5.13 Å². The minimum absolute atomic E-state index is 0.0800. The minimum atomic E-state index is -0.0800. The predicted octanol–water partition coefficient (Wildman–Crippen LogP) is 5.54. The number of carbonyl (C=O) groups excluding carboxylic acids is 1. The maximum atomic E-state index is 12.3. The number of nitrogens with one attached hydrogen (secondary N) is 1. The molecule has 0 aliphatic rings. The van der Waals surface area contributed by atoms with Crippen molar-refractivity contribution in [2.45, 2.75) is 13.3 Å². The third kappa shape index (κ3) is 4.21. The Hall–Kier alpha value is -3.18. The third-order valence-corrected chi connectivity index (χ3v) is 5.15. The first-order valence-electron chi connectivity index (χ1n) is 9.17. The molecule has 0 bridgehead atoms. The Bertz CT molecular complexity index is 1100. The van der Waals surface area contributed by atoms with Crippen molar-refractivity contribution < 1.29 is 9.53 Å². The van der Waals surface area contributed by atoms with Gasteiger partial charge in [0.15, 0.2) is 5.13 Å². The molecule has 0 radical (unpaired) electrons. The van der Waals surface area contributed by atoms with Crippen molar-refractivity contribution >= 4 is 33.1 Å². The number of nitrogens with zero attached hydrogens (tertiary/aromatic N) is 1. The standard InChI is InChI=1S/C23H20N2O2S/c1-2-27-20-11-7-16(8-12-20)13-22(26)25-23-24-21(15-28-23)19-10-9-17-5-3-4-6-18(17)14-19/h3-12,14-15H,2,13H2,1H3,(H,24,25,26). The Morgan fingerprint density at radius 1 is 1.04 bits per heavy atom. The van der Waals surface area contributed by atoms with E-state index in [-0.39, 0.29) is 5.91 Å². The highest BCUT2D eigenvalue weighted by Crippen LogP contribution is 2.27. The molecule has 0 spiro atoms. The van der Waals surface area contributed by atoms with Crippen LogP contribution in [0, 0.1) is 0 Å². The van der Waals surface area contributed by atoms with E-state index in [1.165, 1.54) is 22.1 Å². The van der Waals surface area contributed by atoms with Crippen LogP contribution in [0.2, 0.25) is 0 Å². The molecule has 0 fully saturated rings. The number of hydrogen-bond acceptors (Lipinski definition) is 4. The van der Waals surface area contributed by atoms with Crippen LogP contribution in [0.5, 0.6) is 5.75 Å². The van der Waals surface area contributed by atoms with Gasteiger partial charge < -0.3 is 10.1 Å². The van der Waals surface area contributed by atoms with Crippen LogP contribution in [-0.4, -0.2) is 17.5 Å². The minimum Gasteiger partial charge on any atom is -0.494 e. The van der Waals surface area contributed by atoms with Crippen LogP contribution in [0.1, 0.15) is 12.5 Å². The first kappa shape index (κ1) is 18.2. The number of rotatable bonds is 6. The van der Waals surface area contributed by atoms with E-state index in [1.807, 2.05) is 48.7 Å². The van der Waals surface area contributed by atoms with E-state index in [9.17, 15) is 4.79 Å². The van der Waals surface area contributed by atoms with E-state index in [0.717, 1.165) is 22.6 Å². The SMILES string of the molecule is CCOc1ccc(CC(=O)Nc2nc(-c3ccc4ccccc4c3)cs2)cc1. The van der Waals surface area contributed by atoms with E-state index in [1.54, 1.807) is 0 Å². The van der Waals surface area contributed by atoms with E-state index >= 15 is 0 Å². The Morgan fingerprint density at radius 3 is 2.61 bits per heavy atom. The largest absolute Gasteiger partial charge is 0.494 e. The average Bonchev–Trinajstić information content (AvgIpc) is 3.17. The molecule has 0 saturated carbocycles. The Kier molecular flexibility index (Phi) is 5.35. The normalized spacial score (nSPS) is 10.8. The van der Waals surface area contributed by atoms with Crippen molar-refractivity contribution in [2.75, 3.05) is 11.9 Å². The lowest BCUT2D eigenvalue weighted by atomic mass is 10.1. The zero-order valence-electron chi connectivity index (χ0n) is 15.5. The van der Waals surface area contributed by atoms with Crippen LogP contribution in [-0.2, 0) is 11.2 Å². The van der Waals surface area contributed by atoms with Crippen LogP contribution >= 0.6 is 11.3 Å². The van der Waals surface area contributed by atoms with Gasteiger partial charge in [0.2, 0.25) is 5.91 Å². The van der Waals surface area contributed by atoms with Gasteiger partial charge in [-0.2, -0.15) is 0 Å². The first-order valence-corrected chi connectivity index (χ1v) is 10.1. The van der Waals surface area contributed by atoms with Gasteiger partial charge in [0, 0.05) is 10.9 Å². The second kappa shape index (κ2) is 8.23. The van der Waals surface area contributed by atoms with Gasteiger partial charge in [-0.3, -0.25) is 4.79 Å². The van der Waals surface area contributed by atoms with Crippen molar-refractivity contribution in [2.24, 2.45) is 0 Å². The van der Waals surface area contributed by atoms with Gasteiger partial charge in [-0.1, -0.05) is 48.5 Å². The number of hydrogen-bond donors (Lipinski definition) is 1. The number of anilines is 1. The summed E-state index contributed by atoms with van der Waals surface area (Å²) in [6.07, 6.45) is 0.303. The lowest BCUT2D eigenvalue weighted by Crippen LogP contribution is -2.14. The van der Waals surface area contributed by atoms with Crippen LogP contribution in [0.3, 0.4) is 0 Å². The fourth-order valence-electron chi connectivity index (χ4n) is 3.03. The highest BCUT2D eigenvalue weighted by atomic mass is 32.1. The van der Waals surface area contributed by atoms with E-state index in [2.05, 4.69) is 40.6 Å². The second-order valence-electron chi connectivity index (χ2n) is 6.40. The van der Waals surface area contributed by atoms with Crippen molar-refractivity contribution in [3.05, 3.63) is 77.7 Å². The predicted molar refractivity (Wildman–Crippen MR) is 115 cm³/mol. The molecule has 1 aromatic heterocycles. The molecule has 5 heteroatoms. The lowest BCUT2D eigenvalue weighted by Gasteiger charge is -2.05. The van der Waals surface area contributed by atoms with Gasteiger partial charge in [0.25, 0.3) is 0 Å². The van der Waals surface area contributed by atoms with Crippen molar-refractivity contribution in [1.29, 1.82) is 0 Å². The van der Waals surface area contributed by atoms with Crippen molar-refractivity contribution in [3.8, 4) is 17.0 Å². The number of ether oxygens (including phenoxy) is 1. The molecule has 1 heterocycles. The van der Waals surface area contributed by atoms with Crippen LogP contribution < -0.4 is 10.1 Å². The first-order chi connectivity index (χ1) is 13.7. The fourth-order valence-corrected chi connectivity index (χ4v) is 3.77. The number of amides is 1. The highest BCUT2D eigenvalue weighted by Gasteiger charge is 2.09. The summed E-state index contributed by atoms with van der Waals surface area (Å²) in [7, 11) is 0. The summed E-state index contributed by atoms with van der Waals surface area (Å²) in [5.74, 6) is 0.732. The molecule has 0 unspecified atom stereocenters. The molecule has 4 rings (SSSR count). The maximum absolute atomic E-state index is 12.3. The third-order valence-electron chi connectivity index (χ3n) is 4.39. The summed E-state index contributed by atoms with van der Waals surface area (Å²) in [6.45, 7) is 2.57. The van der Waals surface area contributed by atoms with E-state index in [4.69, 9.17) is 4.74 Å². The number of aromatic nitrogens is 1. The molecule has 0 atom stereocenters. The maximum Gasteiger partial charge on any atom is 0.230 e. The smallest absolute Gasteiger partial charge is 0.230 e. The van der Waals surface area contributed by atoms with Gasteiger partial charge in [0.05, 0.1) is 18.7 Å². The van der Waals surface area contributed by atoms with Crippen molar-refractivity contribution in [1.82, 2.24) is 4.98 Å². The van der Waals surface area contributed by atoms with E-state index < -0.39 is 0 Å². The Balaban J connectivity index is 1.42. The van der Waals surface area contributed by atoms with Gasteiger partial charge in [-0.15, -0.1) is 11.3 Å². The molecular weight excluding hydrogens is 368 g/mol. The van der Waals surface area contributed by atoms with E-state index in [0.29, 0.717) is 18.2 Å². The van der Waals surface area contributed by atoms with Gasteiger partial charge in [0.1, 0.15) is 5.75 Å². The Labute approximate surface area is 167 Å². The lowest BCUT2D eigenvalue weighted by molar-refractivity contribution is -0.115. The summed E-state index contributed by atoms with van der Waals surface area (Å²) in [5, 5.41) is 7.85. The molecule has 140 valence electrons. The molecule has 1 amide bonds. The number of benzene rings is 3. The summed E-state index contributed by atoms with van der Waals surface area (Å²) >= 11 is 1.43. The molecule has 28 heavy (non-hydrogen) atoms. The molecule has 0 aliphatic carbocycles. The quantitative estimate of drug-likeness (QED) is 0.472. The molecule has 0 aliphatic heterocycles. The topological polar surface area (TPSA) is 51.2 Å². The molecular formula is C23H20N2O2S. The number of carbonyl (C=O) groups is 1. The molecule has 1 N–H and O–H groups in total. The molecule has 4 aromatic rings. The molecule has 3 aromatic carbocycles. The monoisotopic (exact) mass is 388 g/mol. The molecule has 4 nitrogen and oxygen atoms in total. The molecule has 0 saturated heterocycles. The van der Waals surface area contributed by atoms with Gasteiger partial charge >= 0.3 is 0 Å².